The molecule has 2 heteroatoms. The maximum atomic E-state index is 6.18. The van der Waals surface area contributed by atoms with Crippen molar-refractivity contribution >= 4 is 32.7 Å². The Kier molecular flexibility index (Phi) is 2.65. The molecule has 1 aliphatic rings. The summed E-state index contributed by atoms with van der Waals surface area (Å²) in [5.41, 5.74) is 7.86. The predicted molar refractivity (Wildman–Crippen MR) is 111 cm³/mol. The largest absolute Gasteiger partial charge is 0.456 e. The van der Waals surface area contributed by atoms with Crippen molar-refractivity contribution in [1.82, 2.24) is 4.98 Å². The molecular formula is C25H19NO. The summed E-state index contributed by atoms with van der Waals surface area (Å²) in [6, 6.07) is 19.7. The minimum Gasteiger partial charge on any atom is -0.456 e. The quantitative estimate of drug-likeness (QED) is 0.309. The molecule has 3 aromatic carbocycles. The molecule has 27 heavy (non-hydrogen) atoms. The molecule has 0 radical (unpaired) electrons. The highest BCUT2D eigenvalue weighted by atomic mass is 16.3. The molecule has 0 N–H and O–H groups in total. The van der Waals surface area contributed by atoms with E-state index in [0.717, 1.165) is 22.2 Å². The summed E-state index contributed by atoms with van der Waals surface area (Å²) in [6.07, 6.45) is 1.86. The lowest BCUT2D eigenvalue weighted by atomic mass is 9.75. The third-order valence-corrected chi connectivity index (χ3v) is 6.14. The average Bonchev–Trinajstić information content (AvgIpc) is 3.02. The number of hydrogen-bond acceptors (Lipinski definition) is 2. The fourth-order valence-corrected chi connectivity index (χ4v) is 4.76. The Bertz CT molecular complexity index is 1400. The molecule has 130 valence electrons. The number of fused-ring (bicyclic) bond motifs is 3. The number of aromatic nitrogens is 1. The summed E-state index contributed by atoms with van der Waals surface area (Å²) in [6.45, 7) is 6.77. The Morgan fingerprint density at radius 2 is 1.67 bits per heavy atom. The fourth-order valence-electron chi connectivity index (χ4n) is 4.76. The molecule has 0 saturated heterocycles. The Morgan fingerprint density at radius 3 is 2.56 bits per heavy atom. The molecule has 5 aromatic rings. The number of nitrogens with zero attached hydrogens (tertiary/aromatic N) is 1. The van der Waals surface area contributed by atoms with E-state index in [1.807, 2.05) is 12.3 Å². The van der Waals surface area contributed by atoms with Gasteiger partial charge in [0.15, 0.2) is 0 Å². The van der Waals surface area contributed by atoms with Gasteiger partial charge in [-0.3, -0.25) is 4.98 Å². The molecule has 1 aliphatic carbocycles. The average molecular weight is 349 g/mol. The van der Waals surface area contributed by atoms with Crippen molar-refractivity contribution in [3.8, 4) is 11.3 Å². The topological polar surface area (TPSA) is 26.0 Å². The molecule has 6 rings (SSSR count). The van der Waals surface area contributed by atoms with Crippen LogP contribution < -0.4 is 0 Å². The molecule has 2 heterocycles. The Balaban J connectivity index is 1.89. The normalized spacial score (nSPS) is 14.8. The minimum absolute atomic E-state index is 0.149. The standard InChI is InChI=1S/C25H19NO/c1-14-7-8-15-12-17-19(13-16(15)11-14)25(2,3)18-5-4-6-20-22(18)23-21(27-20)9-10-26-24(17)23/h4-13H,1-3H3. The van der Waals surface area contributed by atoms with Crippen LogP contribution in [0, 0.1) is 6.92 Å². The van der Waals surface area contributed by atoms with Gasteiger partial charge in [-0.1, -0.05) is 49.7 Å². The number of hydrogen-bond donors (Lipinski definition) is 0. The summed E-state index contributed by atoms with van der Waals surface area (Å²) in [7, 11) is 0. The van der Waals surface area contributed by atoms with Gasteiger partial charge in [0.1, 0.15) is 11.2 Å². The molecule has 0 amide bonds. The van der Waals surface area contributed by atoms with Crippen molar-refractivity contribution in [3.63, 3.8) is 0 Å². The van der Waals surface area contributed by atoms with Crippen LogP contribution in [0.4, 0.5) is 0 Å². The smallest absolute Gasteiger partial charge is 0.139 e. The van der Waals surface area contributed by atoms with E-state index in [4.69, 9.17) is 9.40 Å². The van der Waals surface area contributed by atoms with E-state index in [9.17, 15) is 0 Å². The van der Waals surface area contributed by atoms with Crippen molar-refractivity contribution in [2.75, 3.05) is 0 Å². The summed E-state index contributed by atoms with van der Waals surface area (Å²) in [5, 5.41) is 4.88. The zero-order chi connectivity index (χ0) is 18.3. The SMILES string of the molecule is Cc1ccc2cc3c(cc2c1)C(C)(C)c1cccc2oc4ccnc-3c4c12. The molecule has 0 spiro atoms. The van der Waals surface area contributed by atoms with Crippen LogP contribution in [0.5, 0.6) is 0 Å². The van der Waals surface area contributed by atoms with Crippen LogP contribution in [0.2, 0.25) is 0 Å². The van der Waals surface area contributed by atoms with Crippen molar-refractivity contribution in [2.24, 2.45) is 0 Å². The maximum absolute atomic E-state index is 6.18. The molecule has 0 unspecified atom stereocenters. The second kappa shape index (κ2) is 4.77. The van der Waals surface area contributed by atoms with Crippen LogP contribution in [-0.4, -0.2) is 4.98 Å². The van der Waals surface area contributed by atoms with E-state index in [1.54, 1.807) is 0 Å². The number of furan rings is 1. The molecule has 0 bridgehead atoms. The van der Waals surface area contributed by atoms with Gasteiger partial charge in [0.05, 0.1) is 11.1 Å². The minimum atomic E-state index is -0.149. The van der Waals surface area contributed by atoms with Gasteiger partial charge in [-0.2, -0.15) is 0 Å². The molecule has 2 nitrogen and oxygen atoms in total. The zero-order valence-electron chi connectivity index (χ0n) is 15.6. The van der Waals surface area contributed by atoms with Crippen LogP contribution in [0.1, 0.15) is 30.5 Å². The molecule has 0 fully saturated rings. The van der Waals surface area contributed by atoms with Gasteiger partial charge in [-0.05, 0) is 53.1 Å². The number of benzene rings is 3. The highest BCUT2D eigenvalue weighted by Gasteiger charge is 2.34. The van der Waals surface area contributed by atoms with E-state index in [-0.39, 0.29) is 5.41 Å². The zero-order valence-corrected chi connectivity index (χ0v) is 15.6. The predicted octanol–water partition coefficient (Wildman–Crippen LogP) is 6.75. The first kappa shape index (κ1) is 15.0. The Labute approximate surface area is 157 Å². The van der Waals surface area contributed by atoms with Gasteiger partial charge in [0, 0.05) is 22.6 Å². The van der Waals surface area contributed by atoms with Crippen molar-refractivity contribution < 1.29 is 4.42 Å². The maximum Gasteiger partial charge on any atom is 0.139 e. The van der Waals surface area contributed by atoms with Crippen LogP contribution in [-0.2, 0) is 5.41 Å². The van der Waals surface area contributed by atoms with Crippen LogP contribution in [0.25, 0.3) is 44.0 Å². The lowest BCUT2D eigenvalue weighted by Crippen LogP contribution is -2.19. The molecular weight excluding hydrogens is 330 g/mol. The van der Waals surface area contributed by atoms with E-state index < -0.39 is 0 Å². The highest BCUT2D eigenvalue weighted by molar-refractivity contribution is 6.15. The lowest BCUT2D eigenvalue weighted by Gasteiger charge is -2.28. The van der Waals surface area contributed by atoms with Gasteiger partial charge in [0.25, 0.3) is 0 Å². The first-order valence-electron chi connectivity index (χ1n) is 9.40. The fraction of sp³-hybridized carbons (Fsp3) is 0.160. The first-order valence-corrected chi connectivity index (χ1v) is 9.40. The van der Waals surface area contributed by atoms with E-state index in [0.29, 0.717) is 0 Å². The van der Waals surface area contributed by atoms with E-state index in [2.05, 4.69) is 69.3 Å². The monoisotopic (exact) mass is 349 g/mol. The van der Waals surface area contributed by atoms with Crippen molar-refractivity contribution in [2.45, 2.75) is 26.2 Å². The second-order valence-corrected chi connectivity index (χ2v) is 8.19. The first-order chi connectivity index (χ1) is 13.0. The lowest BCUT2D eigenvalue weighted by molar-refractivity contribution is 0.644. The van der Waals surface area contributed by atoms with Crippen LogP contribution >= 0.6 is 0 Å². The Morgan fingerprint density at radius 1 is 0.815 bits per heavy atom. The molecule has 2 aromatic heterocycles. The number of aryl methyl sites for hydroxylation is 1. The third kappa shape index (κ3) is 1.83. The highest BCUT2D eigenvalue weighted by Crippen LogP contribution is 2.49. The van der Waals surface area contributed by atoms with Gasteiger partial charge in [-0.25, -0.2) is 0 Å². The third-order valence-electron chi connectivity index (χ3n) is 6.14. The van der Waals surface area contributed by atoms with Gasteiger partial charge in [-0.15, -0.1) is 0 Å². The summed E-state index contributed by atoms with van der Waals surface area (Å²) >= 11 is 0. The van der Waals surface area contributed by atoms with Crippen molar-refractivity contribution in [3.05, 3.63) is 77.5 Å². The van der Waals surface area contributed by atoms with Gasteiger partial charge in [0.2, 0.25) is 0 Å². The van der Waals surface area contributed by atoms with Gasteiger partial charge >= 0.3 is 0 Å². The summed E-state index contributed by atoms with van der Waals surface area (Å²) < 4.78 is 6.18. The van der Waals surface area contributed by atoms with Crippen molar-refractivity contribution in [1.29, 1.82) is 0 Å². The van der Waals surface area contributed by atoms with Crippen LogP contribution in [0.3, 0.4) is 0 Å². The van der Waals surface area contributed by atoms with Gasteiger partial charge < -0.3 is 4.42 Å². The van der Waals surface area contributed by atoms with E-state index >= 15 is 0 Å². The van der Waals surface area contributed by atoms with Crippen LogP contribution in [0.15, 0.2) is 65.2 Å². The number of rotatable bonds is 0. The molecule has 0 atom stereocenters. The van der Waals surface area contributed by atoms with E-state index in [1.165, 1.54) is 38.4 Å². The summed E-state index contributed by atoms with van der Waals surface area (Å²) in [4.78, 5) is 4.82. The second-order valence-electron chi connectivity index (χ2n) is 8.19. The molecule has 0 saturated carbocycles. The molecule has 0 aliphatic heterocycles. The Hall–Kier alpha value is -3.13. The number of pyridine rings is 1. The summed E-state index contributed by atoms with van der Waals surface area (Å²) in [5.74, 6) is 0.